The minimum Gasteiger partial charge on any atom is -0.302 e. The Hall–Kier alpha value is -1.19. The molecule has 18 heavy (non-hydrogen) atoms. The molecule has 1 N–H and O–H groups in total. The van der Waals surface area contributed by atoms with E-state index in [9.17, 15) is 0 Å². The normalized spacial score (nSPS) is 22.7. The predicted molar refractivity (Wildman–Crippen MR) is 76.0 cm³/mol. The number of aromatic nitrogens is 1. The van der Waals surface area contributed by atoms with E-state index < -0.39 is 0 Å². The third kappa shape index (κ3) is 1.78. The highest BCUT2D eigenvalue weighted by molar-refractivity contribution is 7.09. The number of hydrogen-bond acceptors (Lipinski definition) is 3. The van der Waals surface area contributed by atoms with Gasteiger partial charge in [-0.05, 0) is 36.9 Å². The van der Waals surface area contributed by atoms with Crippen LogP contribution in [0.1, 0.15) is 35.9 Å². The zero-order valence-corrected chi connectivity index (χ0v) is 11.5. The lowest BCUT2D eigenvalue weighted by molar-refractivity contribution is 0.350. The lowest BCUT2D eigenvalue weighted by Crippen LogP contribution is -2.45. The molecule has 0 fully saturated rings. The van der Waals surface area contributed by atoms with Crippen LogP contribution in [0.15, 0.2) is 35.8 Å². The predicted octanol–water partition coefficient (Wildman–Crippen LogP) is 3.33. The van der Waals surface area contributed by atoms with E-state index in [1.165, 1.54) is 29.0 Å². The maximum Gasteiger partial charge on any atom is 0.117 e. The van der Waals surface area contributed by atoms with Gasteiger partial charge in [0.15, 0.2) is 0 Å². The Kier molecular flexibility index (Phi) is 3.18. The molecule has 1 aromatic heterocycles. The van der Waals surface area contributed by atoms with Crippen molar-refractivity contribution < 1.29 is 0 Å². The Morgan fingerprint density at radius 1 is 1.39 bits per heavy atom. The second-order valence-electron chi connectivity index (χ2n) is 4.78. The highest BCUT2D eigenvalue weighted by Gasteiger charge is 2.39. The molecule has 0 spiro atoms. The monoisotopic (exact) mass is 258 g/mol. The summed E-state index contributed by atoms with van der Waals surface area (Å²) in [5.41, 5.74) is 2.84. The van der Waals surface area contributed by atoms with E-state index >= 15 is 0 Å². The highest BCUT2D eigenvalue weighted by atomic mass is 32.1. The van der Waals surface area contributed by atoms with Crippen molar-refractivity contribution in [2.45, 2.75) is 31.7 Å². The maximum atomic E-state index is 4.59. The van der Waals surface area contributed by atoms with Gasteiger partial charge in [-0.1, -0.05) is 31.2 Å². The first kappa shape index (κ1) is 11.9. The molecule has 0 radical (unpaired) electrons. The van der Waals surface area contributed by atoms with Crippen LogP contribution < -0.4 is 5.32 Å². The number of rotatable bonds is 3. The Morgan fingerprint density at radius 2 is 2.28 bits per heavy atom. The molecule has 0 saturated carbocycles. The number of thiazole rings is 1. The van der Waals surface area contributed by atoms with E-state index in [0.29, 0.717) is 0 Å². The van der Waals surface area contributed by atoms with Crippen molar-refractivity contribution in [2.75, 3.05) is 6.54 Å². The fraction of sp³-hybridized carbons (Fsp3) is 0.400. The number of nitrogens with zero attached hydrogens (tertiary/aromatic N) is 1. The van der Waals surface area contributed by atoms with Crippen LogP contribution in [0.4, 0.5) is 0 Å². The van der Waals surface area contributed by atoms with Crippen LogP contribution in [0.5, 0.6) is 0 Å². The first-order chi connectivity index (χ1) is 8.87. The molecule has 2 nitrogen and oxygen atoms in total. The SMILES string of the molecule is CCNC1(c2nccs2)CCCc2ccccc21. The van der Waals surface area contributed by atoms with Crippen LogP contribution in [0, 0.1) is 0 Å². The Balaban J connectivity index is 2.17. The standard InChI is InChI=1S/C15H18N2S/c1-2-17-15(14-16-10-11-18-14)9-5-7-12-6-3-4-8-13(12)15/h3-4,6,8,10-11,17H,2,5,7,9H2,1H3. The second kappa shape index (κ2) is 4.82. The average molecular weight is 258 g/mol. The average Bonchev–Trinajstić information content (AvgIpc) is 2.94. The van der Waals surface area contributed by atoms with E-state index in [2.05, 4.69) is 46.9 Å². The zero-order valence-electron chi connectivity index (χ0n) is 10.6. The van der Waals surface area contributed by atoms with Crippen molar-refractivity contribution >= 4 is 11.3 Å². The molecule has 0 aliphatic heterocycles. The fourth-order valence-electron chi connectivity index (χ4n) is 3.05. The second-order valence-corrected chi connectivity index (χ2v) is 5.68. The van der Waals surface area contributed by atoms with E-state index in [1.807, 2.05) is 6.20 Å². The summed E-state index contributed by atoms with van der Waals surface area (Å²) in [7, 11) is 0. The van der Waals surface area contributed by atoms with Crippen LogP contribution in [0.2, 0.25) is 0 Å². The molecule has 0 bridgehead atoms. The summed E-state index contributed by atoms with van der Waals surface area (Å²) in [5.74, 6) is 0. The fourth-order valence-corrected chi connectivity index (χ4v) is 3.91. The molecule has 94 valence electrons. The summed E-state index contributed by atoms with van der Waals surface area (Å²) in [6, 6.07) is 8.80. The van der Waals surface area contributed by atoms with Gasteiger partial charge in [0, 0.05) is 11.6 Å². The van der Waals surface area contributed by atoms with Gasteiger partial charge in [-0.3, -0.25) is 0 Å². The van der Waals surface area contributed by atoms with Gasteiger partial charge in [0.1, 0.15) is 5.01 Å². The number of nitrogens with one attached hydrogen (secondary N) is 1. The lowest BCUT2D eigenvalue weighted by Gasteiger charge is -2.38. The summed E-state index contributed by atoms with van der Waals surface area (Å²) < 4.78 is 0. The van der Waals surface area contributed by atoms with Crippen molar-refractivity contribution in [1.82, 2.24) is 10.3 Å². The van der Waals surface area contributed by atoms with Crippen LogP contribution >= 0.6 is 11.3 Å². The molecular formula is C15H18N2S. The van der Waals surface area contributed by atoms with Gasteiger partial charge in [-0.25, -0.2) is 4.98 Å². The molecule has 0 saturated heterocycles. The van der Waals surface area contributed by atoms with Crippen molar-refractivity contribution in [1.29, 1.82) is 0 Å². The Bertz CT molecular complexity index is 521. The van der Waals surface area contributed by atoms with Crippen molar-refractivity contribution in [3.63, 3.8) is 0 Å². The van der Waals surface area contributed by atoms with Gasteiger partial charge in [0.2, 0.25) is 0 Å². The molecule has 3 heteroatoms. The summed E-state index contributed by atoms with van der Waals surface area (Å²) in [4.78, 5) is 4.59. The Morgan fingerprint density at radius 3 is 3.06 bits per heavy atom. The summed E-state index contributed by atoms with van der Waals surface area (Å²) in [6.45, 7) is 3.14. The van der Waals surface area contributed by atoms with Crippen molar-refractivity contribution in [3.8, 4) is 0 Å². The minimum atomic E-state index is -0.0578. The van der Waals surface area contributed by atoms with Crippen LogP contribution in [-0.2, 0) is 12.0 Å². The van der Waals surface area contributed by atoms with Crippen LogP contribution in [0.25, 0.3) is 0 Å². The maximum absolute atomic E-state index is 4.59. The van der Waals surface area contributed by atoms with Crippen molar-refractivity contribution in [2.24, 2.45) is 0 Å². The summed E-state index contributed by atoms with van der Waals surface area (Å²) in [6.07, 6.45) is 5.47. The molecule has 1 aliphatic carbocycles. The number of aryl methyl sites for hydroxylation is 1. The number of hydrogen-bond donors (Lipinski definition) is 1. The van der Waals surface area contributed by atoms with Crippen LogP contribution in [-0.4, -0.2) is 11.5 Å². The van der Waals surface area contributed by atoms with E-state index in [4.69, 9.17) is 0 Å². The Labute approximate surface area is 112 Å². The van der Waals surface area contributed by atoms with E-state index in [1.54, 1.807) is 11.3 Å². The van der Waals surface area contributed by atoms with Gasteiger partial charge >= 0.3 is 0 Å². The summed E-state index contributed by atoms with van der Waals surface area (Å²) >= 11 is 1.76. The molecule has 1 atom stereocenters. The van der Waals surface area contributed by atoms with Gasteiger partial charge < -0.3 is 5.32 Å². The quantitative estimate of drug-likeness (QED) is 0.913. The lowest BCUT2D eigenvalue weighted by atomic mass is 9.76. The van der Waals surface area contributed by atoms with Gasteiger partial charge in [-0.2, -0.15) is 0 Å². The number of benzene rings is 1. The van der Waals surface area contributed by atoms with E-state index in [-0.39, 0.29) is 5.54 Å². The summed E-state index contributed by atoms with van der Waals surface area (Å²) in [5, 5.41) is 6.98. The third-order valence-electron chi connectivity index (χ3n) is 3.75. The number of fused-ring (bicyclic) bond motifs is 1. The smallest absolute Gasteiger partial charge is 0.117 e. The minimum absolute atomic E-state index is 0.0578. The van der Waals surface area contributed by atoms with Gasteiger partial charge in [-0.15, -0.1) is 11.3 Å². The highest BCUT2D eigenvalue weighted by Crippen LogP contribution is 2.41. The molecular weight excluding hydrogens is 240 g/mol. The topological polar surface area (TPSA) is 24.9 Å². The molecule has 0 amide bonds. The van der Waals surface area contributed by atoms with Crippen LogP contribution in [0.3, 0.4) is 0 Å². The molecule has 3 rings (SSSR count). The molecule has 2 aromatic rings. The third-order valence-corrected chi connectivity index (χ3v) is 4.69. The largest absolute Gasteiger partial charge is 0.302 e. The molecule has 1 heterocycles. The molecule has 1 aromatic carbocycles. The molecule has 1 unspecified atom stereocenters. The first-order valence-electron chi connectivity index (χ1n) is 6.60. The zero-order chi connectivity index (χ0) is 12.4. The molecule has 1 aliphatic rings. The van der Waals surface area contributed by atoms with E-state index in [0.717, 1.165) is 13.0 Å². The van der Waals surface area contributed by atoms with Gasteiger partial charge in [0.05, 0.1) is 5.54 Å². The van der Waals surface area contributed by atoms with Gasteiger partial charge in [0.25, 0.3) is 0 Å². The van der Waals surface area contributed by atoms with Crippen molar-refractivity contribution in [3.05, 3.63) is 52.0 Å². The first-order valence-corrected chi connectivity index (χ1v) is 7.48.